The van der Waals surface area contributed by atoms with E-state index in [-0.39, 0.29) is 17.3 Å². The van der Waals surface area contributed by atoms with Gasteiger partial charge in [-0.05, 0) is 43.0 Å². The number of aromatic nitrogens is 2. The number of benzene rings is 1. The molecule has 2 aromatic rings. The van der Waals surface area contributed by atoms with Gasteiger partial charge in [0.25, 0.3) is 0 Å². The van der Waals surface area contributed by atoms with Crippen LogP contribution >= 0.6 is 11.6 Å². The van der Waals surface area contributed by atoms with Crippen molar-refractivity contribution in [1.82, 2.24) is 9.97 Å². The fourth-order valence-corrected chi connectivity index (χ4v) is 2.87. The van der Waals surface area contributed by atoms with Crippen LogP contribution in [0.2, 0.25) is 5.02 Å². The second kappa shape index (κ2) is 7.10. The smallest absolute Gasteiger partial charge is 0.353 e. The highest BCUT2D eigenvalue weighted by atomic mass is 35.5. The van der Waals surface area contributed by atoms with Crippen LogP contribution in [0.4, 0.5) is 29.0 Å². The number of hydrogen-bond acceptors (Lipinski definition) is 7. The summed E-state index contributed by atoms with van der Waals surface area (Å²) < 4.78 is 0. The molecule has 0 unspecified atom stereocenters. The third-order valence-corrected chi connectivity index (χ3v) is 4.51. The minimum Gasteiger partial charge on any atom is -0.378 e. The minimum absolute atomic E-state index is 0.0773. The van der Waals surface area contributed by atoms with Gasteiger partial charge in [0.1, 0.15) is 0 Å². The maximum atomic E-state index is 11.4. The summed E-state index contributed by atoms with van der Waals surface area (Å²) in [5, 5.41) is 14.9. The van der Waals surface area contributed by atoms with Crippen LogP contribution in [0.3, 0.4) is 0 Å². The summed E-state index contributed by atoms with van der Waals surface area (Å²) in [5.74, 6) is 0.989. The van der Waals surface area contributed by atoms with E-state index < -0.39 is 4.92 Å². The average molecular weight is 363 g/mol. The third-order valence-electron chi connectivity index (χ3n) is 4.26. The number of nitrogens with one attached hydrogen (secondary N) is 1. The van der Waals surface area contributed by atoms with Gasteiger partial charge in [-0.25, -0.2) is 0 Å². The van der Waals surface area contributed by atoms with Gasteiger partial charge in [-0.2, -0.15) is 9.97 Å². The zero-order valence-corrected chi connectivity index (χ0v) is 14.5. The van der Waals surface area contributed by atoms with E-state index in [0.717, 1.165) is 25.9 Å². The lowest BCUT2D eigenvalue weighted by molar-refractivity contribution is -0.383. The Kier molecular flexibility index (Phi) is 4.89. The molecule has 2 heterocycles. The Balaban J connectivity index is 1.95. The first-order valence-electron chi connectivity index (χ1n) is 8.03. The van der Waals surface area contributed by atoms with Gasteiger partial charge in [-0.15, -0.1) is 0 Å². The molecule has 0 atom stereocenters. The molecular formula is C16H19ClN6O2. The average Bonchev–Trinajstić information content (AvgIpc) is 2.57. The molecule has 1 aromatic heterocycles. The molecule has 0 spiro atoms. The van der Waals surface area contributed by atoms with Gasteiger partial charge in [-0.3, -0.25) is 10.1 Å². The van der Waals surface area contributed by atoms with Crippen LogP contribution in [-0.4, -0.2) is 28.0 Å². The van der Waals surface area contributed by atoms with Crippen LogP contribution in [0.15, 0.2) is 24.3 Å². The molecule has 1 aromatic carbocycles. The van der Waals surface area contributed by atoms with Crippen LogP contribution in [0.25, 0.3) is 0 Å². The molecule has 1 aliphatic heterocycles. The highest BCUT2D eigenvalue weighted by Gasteiger charge is 2.26. The largest absolute Gasteiger partial charge is 0.378 e. The molecule has 1 aliphatic rings. The Morgan fingerprint density at radius 1 is 1.28 bits per heavy atom. The van der Waals surface area contributed by atoms with E-state index in [2.05, 4.69) is 22.2 Å². The molecule has 9 heteroatoms. The maximum Gasteiger partial charge on any atom is 0.353 e. The van der Waals surface area contributed by atoms with E-state index in [9.17, 15) is 10.1 Å². The molecule has 1 fully saturated rings. The summed E-state index contributed by atoms with van der Waals surface area (Å²) in [6.45, 7) is 3.81. The van der Waals surface area contributed by atoms with E-state index in [1.54, 1.807) is 24.3 Å². The molecule has 8 nitrogen and oxygen atoms in total. The zero-order chi connectivity index (χ0) is 18.0. The van der Waals surface area contributed by atoms with E-state index in [4.69, 9.17) is 17.3 Å². The number of nitrogens with two attached hydrogens (primary N) is 1. The van der Waals surface area contributed by atoms with Crippen LogP contribution in [0, 0.1) is 16.0 Å². The first-order chi connectivity index (χ1) is 11.9. The van der Waals surface area contributed by atoms with Crippen LogP contribution < -0.4 is 16.0 Å². The van der Waals surface area contributed by atoms with Crippen molar-refractivity contribution in [2.45, 2.75) is 19.8 Å². The lowest BCUT2D eigenvalue weighted by atomic mass is 10.00. The summed E-state index contributed by atoms with van der Waals surface area (Å²) >= 11 is 5.87. The topological polar surface area (TPSA) is 110 Å². The van der Waals surface area contributed by atoms with E-state index in [1.165, 1.54) is 0 Å². The first-order valence-corrected chi connectivity index (χ1v) is 8.41. The standard InChI is InChI=1S/C16H19ClN6O2/c1-10-6-8-22(9-7-10)16-20-14(18)13(23(24)25)15(21-16)19-12-4-2-11(17)3-5-12/h2-5,10H,6-9H2,1H3,(H3,18,19,20,21). The molecule has 0 aliphatic carbocycles. The molecule has 0 saturated carbocycles. The quantitative estimate of drug-likeness (QED) is 0.631. The number of nitrogens with zero attached hydrogens (tertiary/aromatic N) is 4. The van der Waals surface area contributed by atoms with Crippen LogP contribution in [0.5, 0.6) is 0 Å². The molecular weight excluding hydrogens is 344 g/mol. The SMILES string of the molecule is CC1CCN(c2nc(N)c([N+](=O)[O-])c(Nc3ccc(Cl)cc3)n2)CC1. The molecule has 0 radical (unpaired) electrons. The van der Waals surface area contributed by atoms with Crippen molar-refractivity contribution in [3.63, 3.8) is 0 Å². The van der Waals surface area contributed by atoms with E-state index in [0.29, 0.717) is 22.6 Å². The Morgan fingerprint density at radius 2 is 1.92 bits per heavy atom. The summed E-state index contributed by atoms with van der Waals surface area (Å²) in [7, 11) is 0. The molecule has 25 heavy (non-hydrogen) atoms. The van der Waals surface area contributed by atoms with E-state index in [1.807, 2.05) is 4.90 Å². The normalized spacial score (nSPS) is 15.2. The fourth-order valence-electron chi connectivity index (χ4n) is 2.75. The van der Waals surface area contributed by atoms with Gasteiger partial charge in [0.2, 0.25) is 17.6 Å². The third kappa shape index (κ3) is 3.90. The van der Waals surface area contributed by atoms with Crippen molar-refractivity contribution in [2.75, 3.05) is 29.0 Å². The predicted octanol–water partition coefficient (Wildman–Crippen LogP) is 3.60. The lowest BCUT2D eigenvalue weighted by Crippen LogP contribution is -2.34. The van der Waals surface area contributed by atoms with Gasteiger partial charge >= 0.3 is 5.69 Å². The zero-order valence-electron chi connectivity index (χ0n) is 13.8. The van der Waals surface area contributed by atoms with Crippen molar-refractivity contribution in [2.24, 2.45) is 5.92 Å². The van der Waals surface area contributed by atoms with Gasteiger partial charge in [0, 0.05) is 23.8 Å². The molecule has 3 N–H and O–H groups in total. The number of nitrogen functional groups attached to an aromatic ring is 1. The van der Waals surface area contributed by atoms with Gasteiger partial charge in [0.05, 0.1) is 4.92 Å². The Morgan fingerprint density at radius 3 is 2.52 bits per heavy atom. The number of piperidine rings is 1. The second-order valence-corrected chi connectivity index (χ2v) is 6.60. The van der Waals surface area contributed by atoms with E-state index >= 15 is 0 Å². The molecule has 132 valence electrons. The van der Waals surface area contributed by atoms with Crippen molar-refractivity contribution in [3.8, 4) is 0 Å². The number of rotatable bonds is 4. The lowest BCUT2D eigenvalue weighted by Gasteiger charge is -2.30. The maximum absolute atomic E-state index is 11.4. The molecule has 1 saturated heterocycles. The summed E-state index contributed by atoms with van der Waals surface area (Å²) in [4.78, 5) is 21.3. The minimum atomic E-state index is -0.574. The summed E-state index contributed by atoms with van der Waals surface area (Å²) in [6, 6.07) is 6.81. The highest BCUT2D eigenvalue weighted by molar-refractivity contribution is 6.30. The monoisotopic (exact) mass is 362 g/mol. The molecule has 0 amide bonds. The fraction of sp³-hybridized carbons (Fsp3) is 0.375. The number of anilines is 4. The Labute approximate surface area is 150 Å². The van der Waals surface area contributed by atoms with Crippen LogP contribution in [0.1, 0.15) is 19.8 Å². The summed E-state index contributed by atoms with van der Waals surface area (Å²) in [5.41, 5.74) is 6.15. The molecule has 0 bridgehead atoms. The van der Waals surface area contributed by atoms with Crippen molar-refractivity contribution < 1.29 is 4.92 Å². The number of halogens is 1. The Bertz CT molecular complexity index is 775. The van der Waals surface area contributed by atoms with Gasteiger partial charge < -0.3 is 16.0 Å². The highest BCUT2D eigenvalue weighted by Crippen LogP contribution is 2.33. The predicted molar refractivity (Wildman–Crippen MR) is 98.4 cm³/mol. The van der Waals surface area contributed by atoms with Crippen molar-refractivity contribution in [1.29, 1.82) is 0 Å². The summed E-state index contributed by atoms with van der Waals surface area (Å²) in [6.07, 6.45) is 2.06. The van der Waals surface area contributed by atoms with Gasteiger partial charge in [-0.1, -0.05) is 18.5 Å². The number of nitro groups is 1. The van der Waals surface area contributed by atoms with Crippen LogP contribution in [-0.2, 0) is 0 Å². The van der Waals surface area contributed by atoms with Crippen molar-refractivity contribution >= 4 is 40.6 Å². The number of hydrogen-bond donors (Lipinski definition) is 2. The van der Waals surface area contributed by atoms with Gasteiger partial charge in [0.15, 0.2) is 0 Å². The second-order valence-electron chi connectivity index (χ2n) is 6.16. The van der Waals surface area contributed by atoms with Crippen molar-refractivity contribution in [3.05, 3.63) is 39.4 Å². The Hall–Kier alpha value is -2.61. The molecule has 3 rings (SSSR count). The first kappa shape index (κ1) is 17.2.